The van der Waals surface area contributed by atoms with E-state index < -0.39 is 5.91 Å². The number of aromatic hydroxyl groups is 1. The predicted molar refractivity (Wildman–Crippen MR) is 56.5 cm³/mol. The molecule has 1 rings (SSSR count). The zero-order valence-corrected chi connectivity index (χ0v) is 27.7. The van der Waals surface area contributed by atoms with E-state index in [4.69, 9.17) is 28.6 Å². The molecular weight excluding hydrogens is 708 g/mol. The molecule has 0 heterocycles. The van der Waals surface area contributed by atoms with Gasteiger partial charge in [0.1, 0.15) is 0 Å². The number of phenols is 1. The third-order valence-corrected chi connectivity index (χ3v) is 1.55. The van der Waals surface area contributed by atoms with Crippen LogP contribution in [0.15, 0.2) is 0 Å². The van der Waals surface area contributed by atoms with E-state index in [-0.39, 0.29) is 224 Å². The fourth-order valence-corrected chi connectivity index (χ4v) is 0.899. The van der Waals surface area contributed by atoms with Gasteiger partial charge in [0.2, 0.25) is 0 Å². The van der Waals surface area contributed by atoms with Gasteiger partial charge in [-0.15, -0.1) is 12.0 Å². The van der Waals surface area contributed by atoms with Gasteiger partial charge in [-0.1, -0.05) is 0 Å². The molecule has 12 heteroatoms. The Kier molecular flexibility index (Phi) is 41.0. The fourth-order valence-electron chi connectivity index (χ4n) is 0.899. The molecular formula is C8H3B3NO2Y6-3. The van der Waals surface area contributed by atoms with E-state index in [0.717, 1.165) is 0 Å². The minimum Gasteiger partial charge on any atom is -0.713 e. The minimum atomic E-state index is -0.707. The van der Waals surface area contributed by atoms with Gasteiger partial charge >= 0.3 is 0 Å². The first-order chi connectivity index (χ1) is 6.43. The molecule has 0 unspecified atom stereocenters. The maximum absolute atomic E-state index is 10.6. The van der Waals surface area contributed by atoms with Crippen molar-refractivity contribution < 1.29 is 206 Å². The molecule has 12 radical (unpaired) electrons. The molecule has 0 fully saturated rings. The standard InChI is InChI=1S/C8H4B3NO2.6Y/c1-3(13)12-8-4(9)2-5(14)6(10)7(8)11;;;;;;/h1H2,(H2,12,13,14);;;;;;/q-2;;;;;;/p-1. The van der Waals surface area contributed by atoms with Crippen LogP contribution in [0.2, 0.25) is 0 Å². The second-order valence-corrected chi connectivity index (χ2v) is 2.57. The van der Waals surface area contributed by atoms with Gasteiger partial charge < -0.3 is 22.1 Å². The van der Waals surface area contributed by atoms with Crippen molar-refractivity contribution in [3.05, 3.63) is 18.3 Å². The first kappa shape index (κ1) is 40.0. The normalized spacial score (nSPS) is 6.80. The maximum Gasteiger partial charge on any atom is 0.0760 e. The summed E-state index contributed by atoms with van der Waals surface area (Å²) in [4.78, 5) is 10.6. The zero-order chi connectivity index (χ0) is 10.9. The summed E-state index contributed by atoms with van der Waals surface area (Å²) < 4.78 is 0. The monoisotopic (exact) mass is 711 g/mol. The molecule has 82 valence electrons. The van der Waals surface area contributed by atoms with Crippen LogP contribution in [0.5, 0.6) is 5.75 Å². The molecule has 0 aliphatic rings. The van der Waals surface area contributed by atoms with Crippen molar-refractivity contribution in [2.45, 2.75) is 0 Å². The van der Waals surface area contributed by atoms with Crippen LogP contribution in [0.3, 0.4) is 0 Å². The molecule has 1 N–H and O–H groups in total. The molecule has 0 aromatic heterocycles. The molecule has 1 aromatic rings. The largest absolute Gasteiger partial charge is 0.713 e. The zero-order valence-electron chi connectivity index (χ0n) is 10.7. The number of rotatable bonds is 1. The Balaban J connectivity index is -0.0000000817. The second kappa shape index (κ2) is 20.5. The van der Waals surface area contributed by atoms with Gasteiger partial charge in [-0.25, -0.2) is 10.9 Å². The van der Waals surface area contributed by atoms with E-state index in [0.29, 0.717) is 0 Å². The van der Waals surface area contributed by atoms with Gasteiger partial charge in [0.25, 0.3) is 0 Å². The van der Waals surface area contributed by atoms with Crippen LogP contribution in [0, 0.1) is 13.0 Å². The number of carbonyl (C=O) groups excluding carboxylic acids is 1. The van der Waals surface area contributed by atoms with Gasteiger partial charge in [-0.3, -0.25) is 5.69 Å². The van der Waals surface area contributed by atoms with Crippen molar-refractivity contribution in [1.29, 1.82) is 0 Å². The van der Waals surface area contributed by atoms with Gasteiger partial charge in [0.05, 0.1) is 15.7 Å². The average molecular weight is 711 g/mol. The van der Waals surface area contributed by atoms with Crippen molar-refractivity contribution in [3.63, 3.8) is 0 Å². The summed E-state index contributed by atoms with van der Waals surface area (Å²) in [6.45, 7) is 3.03. The van der Waals surface area contributed by atoms with Crippen LogP contribution in [-0.4, -0.2) is 34.6 Å². The fraction of sp³-hybridized carbons (Fsp3) is 0. The molecule has 0 spiro atoms. The Labute approximate surface area is 274 Å². The average Bonchev–Trinajstić information content (AvgIpc) is 2.09. The SMILES string of the molecule is [B]c1[c-]c(O)c([B])c([B])c1[N-]C([CH2-])=O.[Y].[Y].[Y].[Y].[Y].[Y]. The number of hydrogen-bond donors (Lipinski definition) is 1. The Morgan fingerprint density at radius 3 is 1.75 bits per heavy atom. The van der Waals surface area contributed by atoms with Crippen molar-refractivity contribution in [2.75, 3.05) is 0 Å². The number of benzene rings is 1. The first-order valence-corrected chi connectivity index (χ1v) is 3.59. The third kappa shape index (κ3) is 13.4. The van der Waals surface area contributed by atoms with Crippen LogP contribution in [0.25, 0.3) is 5.32 Å². The topological polar surface area (TPSA) is 51.4 Å². The summed E-state index contributed by atoms with van der Waals surface area (Å²) in [7, 11) is 16.3. The summed E-state index contributed by atoms with van der Waals surface area (Å²) in [6.07, 6.45) is 0. The molecule has 20 heavy (non-hydrogen) atoms. The van der Waals surface area contributed by atoms with E-state index in [9.17, 15) is 4.79 Å². The predicted octanol–water partition coefficient (Wildman–Crippen LogP) is -2.08. The molecule has 1 amide bonds. The molecule has 0 bridgehead atoms. The van der Waals surface area contributed by atoms with Gasteiger partial charge in [0.15, 0.2) is 0 Å². The molecule has 0 aliphatic heterocycles. The van der Waals surface area contributed by atoms with Crippen molar-refractivity contribution in [2.24, 2.45) is 0 Å². The van der Waals surface area contributed by atoms with E-state index in [2.05, 4.69) is 18.3 Å². The van der Waals surface area contributed by atoms with Crippen molar-refractivity contribution in [3.8, 4) is 5.75 Å². The molecule has 0 saturated heterocycles. The summed E-state index contributed by atoms with van der Waals surface area (Å²) in [6, 6.07) is 2.31. The molecule has 3 nitrogen and oxygen atoms in total. The smallest absolute Gasteiger partial charge is 0.0760 e. The van der Waals surface area contributed by atoms with Crippen LogP contribution in [0.4, 0.5) is 5.69 Å². The minimum absolute atomic E-state index is 0. The van der Waals surface area contributed by atoms with Gasteiger partial charge in [0, 0.05) is 204 Å². The van der Waals surface area contributed by atoms with E-state index in [1.54, 1.807) is 0 Å². The number of carbonyl (C=O) groups is 1. The Morgan fingerprint density at radius 1 is 1.00 bits per heavy atom. The Bertz CT molecular complexity index is 410. The quantitative estimate of drug-likeness (QED) is 0.269. The van der Waals surface area contributed by atoms with Crippen LogP contribution in [-0.2, 0) is 201 Å². The molecule has 1 aromatic carbocycles. The van der Waals surface area contributed by atoms with Gasteiger partial charge in [-0.05, 0) is 5.75 Å². The number of hydrogen-bond acceptors (Lipinski definition) is 2. The summed E-state index contributed by atoms with van der Waals surface area (Å²) in [5, 5.41) is 12.6. The van der Waals surface area contributed by atoms with Crippen LogP contribution < -0.4 is 16.4 Å². The number of phenolic OH excluding ortho intramolecular Hbond substituents is 1. The molecule has 0 saturated carbocycles. The van der Waals surface area contributed by atoms with Crippen LogP contribution in [0.1, 0.15) is 0 Å². The molecule has 0 aliphatic carbocycles. The Hall–Kier alpha value is 5.18. The van der Waals surface area contributed by atoms with Crippen molar-refractivity contribution in [1.82, 2.24) is 0 Å². The summed E-state index contributed by atoms with van der Waals surface area (Å²) in [5.41, 5.74) is -0.235. The second-order valence-electron chi connectivity index (χ2n) is 2.57. The maximum atomic E-state index is 10.6. The number of nitrogens with zero attached hydrogens (tertiary/aromatic N) is 1. The summed E-state index contributed by atoms with van der Waals surface area (Å²) in [5.74, 6) is -1.07. The molecule has 0 atom stereocenters. The first-order valence-electron chi connectivity index (χ1n) is 3.59. The van der Waals surface area contributed by atoms with E-state index in [1.165, 1.54) is 0 Å². The van der Waals surface area contributed by atoms with Crippen molar-refractivity contribution >= 4 is 51.5 Å². The Morgan fingerprint density at radius 2 is 1.40 bits per heavy atom. The van der Waals surface area contributed by atoms with E-state index in [1.807, 2.05) is 0 Å². The van der Waals surface area contributed by atoms with E-state index >= 15 is 0 Å². The van der Waals surface area contributed by atoms with Crippen LogP contribution >= 0.6 is 0 Å². The number of amides is 1. The third-order valence-electron chi connectivity index (χ3n) is 1.55. The summed E-state index contributed by atoms with van der Waals surface area (Å²) >= 11 is 0. The van der Waals surface area contributed by atoms with Gasteiger partial charge in [-0.2, -0.15) is 5.46 Å².